The summed E-state index contributed by atoms with van der Waals surface area (Å²) in [6.07, 6.45) is 1.52. The molecule has 22 heteroatoms. The number of rotatable bonds is 21. The number of likely N-dealkylation sites (tertiary alicyclic amines) is 1. The summed E-state index contributed by atoms with van der Waals surface area (Å²) in [6, 6.07) is 3.55. The van der Waals surface area contributed by atoms with Gasteiger partial charge >= 0.3 is 5.97 Å². The van der Waals surface area contributed by atoms with Crippen LogP contribution in [0.1, 0.15) is 68.4 Å². The Balaban J connectivity index is 1.19. The number of carboxylic acid groups (broad SMARTS) is 1. The van der Waals surface area contributed by atoms with Crippen LogP contribution >= 0.6 is 11.8 Å². The van der Waals surface area contributed by atoms with Gasteiger partial charge in [0.15, 0.2) is 11.2 Å². The second-order valence-corrected chi connectivity index (χ2v) is 14.1. The zero-order chi connectivity index (χ0) is 41.6. The Morgan fingerprint density at radius 1 is 1.04 bits per heavy atom. The number of amides is 5. The van der Waals surface area contributed by atoms with E-state index >= 15 is 0 Å². The van der Waals surface area contributed by atoms with Crippen LogP contribution in [0.3, 0.4) is 0 Å². The molecule has 1 unspecified atom stereocenters. The molecule has 1 aliphatic rings. The Labute approximate surface area is 328 Å². The second-order valence-electron chi connectivity index (χ2n) is 12.9. The van der Waals surface area contributed by atoms with Crippen LogP contribution in [0.25, 0.3) is 11.2 Å². The van der Waals surface area contributed by atoms with E-state index in [1.165, 1.54) is 25.3 Å². The highest BCUT2D eigenvalue weighted by Crippen LogP contribution is 2.26. The van der Waals surface area contributed by atoms with E-state index in [4.69, 9.17) is 5.73 Å². The smallest absolute Gasteiger partial charge is 0.326 e. The number of carbonyl (C=O) groups is 8. The summed E-state index contributed by atoms with van der Waals surface area (Å²) >= 11 is 0.982. The maximum atomic E-state index is 12.9. The third-order valence-electron chi connectivity index (χ3n) is 8.33. The first-order chi connectivity index (χ1) is 27.1. The van der Waals surface area contributed by atoms with Crippen molar-refractivity contribution in [3.05, 3.63) is 52.1 Å². The first kappa shape index (κ1) is 43.2. The quantitative estimate of drug-likeness (QED) is 0.0313. The van der Waals surface area contributed by atoms with Gasteiger partial charge in [0, 0.05) is 54.9 Å². The number of imide groups is 1. The first-order valence-corrected chi connectivity index (χ1v) is 18.6. The van der Waals surface area contributed by atoms with Gasteiger partial charge in [-0.05, 0) is 51.0 Å². The van der Waals surface area contributed by atoms with Gasteiger partial charge in [0.05, 0.1) is 29.7 Å². The maximum Gasteiger partial charge on any atom is 0.326 e. The molecule has 302 valence electrons. The number of carboxylic acids is 1. The van der Waals surface area contributed by atoms with E-state index < -0.39 is 58.4 Å². The molecule has 1 aliphatic heterocycles. The summed E-state index contributed by atoms with van der Waals surface area (Å²) in [5.41, 5.74) is 9.12. The van der Waals surface area contributed by atoms with Gasteiger partial charge in [-0.1, -0.05) is 0 Å². The van der Waals surface area contributed by atoms with Gasteiger partial charge < -0.3 is 36.4 Å². The van der Waals surface area contributed by atoms with Crippen molar-refractivity contribution in [2.45, 2.75) is 76.3 Å². The average molecular weight is 808 g/mol. The van der Waals surface area contributed by atoms with E-state index in [0.717, 1.165) is 16.7 Å². The molecule has 4 rings (SSSR count). The number of H-pyrrole nitrogens is 1. The van der Waals surface area contributed by atoms with Crippen molar-refractivity contribution < 1.29 is 43.5 Å². The van der Waals surface area contributed by atoms with Crippen LogP contribution in [0, 0.1) is 0 Å². The lowest BCUT2D eigenvalue weighted by molar-refractivity contribution is -0.140. The van der Waals surface area contributed by atoms with E-state index in [1.807, 2.05) is 0 Å². The van der Waals surface area contributed by atoms with Gasteiger partial charge in [0.2, 0.25) is 29.6 Å². The minimum atomic E-state index is -1.44. The highest BCUT2D eigenvalue weighted by Gasteiger charge is 2.39. The number of nitrogens with two attached hydrogens (primary N) is 1. The summed E-state index contributed by atoms with van der Waals surface area (Å²) in [6.45, 7) is 3.09. The number of carbonyl (C=O) groups excluding carboxylic acids is 7. The molecule has 1 fully saturated rings. The number of aliphatic carboxylic acids is 1. The predicted molar refractivity (Wildman–Crippen MR) is 206 cm³/mol. The van der Waals surface area contributed by atoms with Gasteiger partial charge in [0.1, 0.15) is 18.1 Å². The lowest BCUT2D eigenvalue weighted by Gasteiger charge is -2.17. The van der Waals surface area contributed by atoms with E-state index in [1.54, 1.807) is 19.1 Å². The van der Waals surface area contributed by atoms with Gasteiger partial charge in [-0.3, -0.25) is 38.7 Å². The average Bonchev–Trinajstić information content (AvgIpc) is 3.45. The van der Waals surface area contributed by atoms with E-state index in [0.29, 0.717) is 29.8 Å². The zero-order valence-corrected chi connectivity index (χ0v) is 31.7. The Hall–Kier alpha value is -6.58. The monoisotopic (exact) mass is 807 g/mol. The highest BCUT2D eigenvalue weighted by atomic mass is 32.2. The molecule has 0 bridgehead atoms. The summed E-state index contributed by atoms with van der Waals surface area (Å²) in [7, 11) is 0. The largest absolute Gasteiger partial charge is 0.480 e. The highest BCUT2D eigenvalue weighted by molar-refractivity contribution is 8.00. The van der Waals surface area contributed by atoms with Crippen LogP contribution in [-0.2, 0) is 40.1 Å². The van der Waals surface area contributed by atoms with Gasteiger partial charge in [-0.15, -0.1) is 11.8 Å². The van der Waals surface area contributed by atoms with Crippen molar-refractivity contribution in [2.24, 2.45) is 5.10 Å². The number of aromatic nitrogens is 4. The van der Waals surface area contributed by atoms with Crippen molar-refractivity contribution in [1.29, 1.82) is 0 Å². The number of hydrogen-bond donors (Lipinski definition) is 7. The van der Waals surface area contributed by atoms with Crippen LogP contribution in [-0.4, -0.2) is 113 Å². The number of aldehydes is 1. The van der Waals surface area contributed by atoms with E-state index in [2.05, 4.69) is 46.4 Å². The number of nitrogen functional groups attached to an aromatic ring is 1. The number of benzene rings is 1. The summed E-state index contributed by atoms with van der Waals surface area (Å²) in [4.78, 5) is 125. The first-order valence-electron chi connectivity index (χ1n) is 17.5. The molecule has 2 aromatic heterocycles. The van der Waals surface area contributed by atoms with Crippen molar-refractivity contribution in [1.82, 2.24) is 40.9 Å². The molecule has 1 aromatic carbocycles. The van der Waals surface area contributed by atoms with Crippen LogP contribution in [0.5, 0.6) is 0 Å². The van der Waals surface area contributed by atoms with Crippen molar-refractivity contribution in [3.63, 3.8) is 0 Å². The molecule has 3 atom stereocenters. The minimum absolute atomic E-state index is 0.0157. The topological polar surface area (TPSA) is 318 Å². The van der Waals surface area contributed by atoms with Crippen molar-refractivity contribution in [2.75, 3.05) is 23.3 Å². The number of aromatic amines is 1. The van der Waals surface area contributed by atoms with Crippen molar-refractivity contribution >= 4 is 87.8 Å². The molecule has 8 N–H and O–H groups in total. The SMILES string of the molecule is CC(=O)CC/C(C)=N/NC(=O)CCN1C(=O)CC(SC[C@@H](C=O)NC(=O)CC[C@H](NC(=O)c2ccc(NCc3cnc4nc(N)[nH]c(=O)c4n3)cc2)C(=O)O)C1=O. The number of anilines is 2. The fourth-order valence-electron chi connectivity index (χ4n) is 5.23. The number of fused-ring (bicyclic) bond motifs is 1. The number of Topliss-reactive ketones (excluding diaryl/α,β-unsaturated/α-hetero) is 1. The zero-order valence-electron chi connectivity index (χ0n) is 30.9. The number of nitrogens with one attached hydrogen (secondary N) is 5. The Morgan fingerprint density at radius 2 is 1.77 bits per heavy atom. The normalized spacial score (nSPS) is 15.2. The summed E-state index contributed by atoms with van der Waals surface area (Å²) in [5.74, 6) is -4.49. The molecule has 21 nitrogen and oxygen atoms in total. The van der Waals surface area contributed by atoms with Gasteiger partial charge in [-0.25, -0.2) is 20.2 Å². The molecule has 1 saturated heterocycles. The molecule has 3 heterocycles. The molecule has 0 saturated carbocycles. The Bertz CT molecular complexity index is 2130. The molecule has 5 amide bonds. The third-order valence-corrected chi connectivity index (χ3v) is 9.66. The fourth-order valence-corrected chi connectivity index (χ4v) is 6.37. The van der Waals surface area contributed by atoms with Crippen LogP contribution < -0.4 is 32.7 Å². The second kappa shape index (κ2) is 20.4. The number of ketones is 1. The van der Waals surface area contributed by atoms with E-state index in [-0.39, 0.29) is 79.4 Å². The molecule has 0 spiro atoms. The molecule has 0 radical (unpaired) electrons. The fraction of sp³-hybridized carbons (Fsp3) is 0.400. The molecular weight excluding hydrogens is 767 g/mol. The molecule has 3 aromatic rings. The van der Waals surface area contributed by atoms with Crippen molar-refractivity contribution in [3.8, 4) is 0 Å². The Morgan fingerprint density at radius 3 is 2.46 bits per heavy atom. The van der Waals surface area contributed by atoms with E-state index in [9.17, 15) is 48.3 Å². The van der Waals surface area contributed by atoms with Crippen LogP contribution in [0.15, 0.2) is 40.4 Å². The number of hydrazone groups is 1. The minimum Gasteiger partial charge on any atom is -0.480 e. The van der Waals surface area contributed by atoms with Gasteiger partial charge in [0.25, 0.3) is 11.5 Å². The van der Waals surface area contributed by atoms with Crippen LogP contribution in [0.4, 0.5) is 11.6 Å². The molecule has 0 aliphatic carbocycles. The third kappa shape index (κ3) is 13.0. The predicted octanol–water partition coefficient (Wildman–Crippen LogP) is -0.334. The lowest BCUT2D eigenvalue weighted by atomic mass is 10.1. The summed E-state index contributed by atoms with van der Waals surface area (Å²) < 4.78 is 0. The lowest BCUT2D eigenvalue weighted by Crippen LogP contribution is -2.43. The number of nitrogens with zero attached hydrogens (tertiary/aromatic N) is 5. The standard InChI is InChI=1S/C35H41N11O10S/c1-18(3-4-19(2)48)44-45-27(50)11-12-46-28(51)13-25(33(46)54)57-17-23(16-47)39-26(49)10-9-24(34(55)56)41-31(52)20-5-7-21(8-6-20)37-14-22-15-38-30-29(40-22)32(53)43-35(36)42-30/h5-8,15-16,23-25,37H,3-4,9-14,17H2,1-2H3,(H,39,49)(H,41,52)(H,45,50)(H,55,56)(H3,36,38,42,43,53)/b44-18+/t23-,24+,25?/m1/s1. The summed E-state index contributed by atoms with van der Waals surface area (Å²) in [5, 5.41) is 20.7. The number of thioether (sulfide) groups is 1. The Kier molecular flexibility index (Phi) is 15.4. The maximum absolute atomic E-state index is 12.9. The van der Waals surface area contributed by atoms with Crippen LogP contribution in [0.2, 0.25) is 0 Å². The number of hydrogen-bond acceptors (Lipinski definition) is 16. The molecule has 57 heavy (non-hydrogen) atoms. The molecular formula is C35H41N11O10S. The van der Waals surface area contributed by atoms with Gasteiger partial charge in [-0.2, -0.15) is 10.1 Å².